The molecule has 3 rings (SSSR count). The number of nitrogen functional groups attached to an aromatic ring is 1. The summed E-state index contributed by atoms with van der Waals surface area (Å²) in [5.41, 5.74) is 9.75. The Labute approximate surface area is 121 Å². The molecule has 0 radical (unpaired) electrons. The van der Waals surface area contributed by atoms with Gasteiger partial charge < -0.3 is 10.3 Å². The Kier molecular flexibility index (Phi) is 3.16. The fraction of sp³-hybridized carbons (Fsp3) is 0.0667. The summed E-state index contributed by atoms with van der Waals surface area (Å²) in [6, 6.07) is 13.5. The van der Waals surface area contributed by atoms with Crippen LogP contribution in [0.1, 0.15) is 0 Å². The van der Waals surface area contributed by atoms with Crippen molar-refractivity contribution in [1.82, 2.24) is 14.8 Å². The molecule has 0 saturated heterocycles. The number of hydrogen-bond acceptors (Lipinski definition) is 3. The van der Waals surface area contributed by atoms with Crippen molar-refractivity contribution in [3.05, 3.63) is 53.8 Å². The van der Waals surface area contributed by atoms with Crippen LogP contribution in [0.3, 0.4) is 0 Å². The molecule has 0 aliphatic carbocycles. The Hall–Kier alpha value is -2.33. The van der Waals surface area contributed by atoms with Crippen molar-refractivity contribution in [2.24, 2.45) is 7.05 Å². The fourth-order valence-corrected chi connectivity index (χ4v) is 2.33. The molecule has 0 spiro atoms. The van der Waals surface area contributed by atoms with Gasteiger partial charge in [-0.3, -0.25) is 0 Å². The van der Waals surface area contributed by atoms with Crippen LogP contribution in [-0.2, 0) is 7.05 Å². The zero-order chi connectivity index (χ0) is 14.1. The largest absolute Gasteiger partial charge is 0.398 e. The standard InChI is InChI=1S/C15H13ClN4/c1-20-9-18-19-15(20)14-12(3-2-4-13(14)17)10-5-7-11(16)8-6-10/h2-9H,17H2,1H3. The molecule has 1 heterocycles. The molecule has 0 bridgehead atoms. The molecule has 0 amide bonds. The second-order valence-electron chi connectivity index (χ2n) is 4.54. The average Bonchev–Trinajstić information content (AvgIpc) is 2.85. The van der Waals surface area contributed by atoms with E-state index in [1.165, 1.54) is 0 Å². The average molecular weight is 285 g/mol. The topological polar surface area (TPSA) is 56.7 Å². The summed E-state index contributed by atoms with van der Waals surface area (Å²) in [5.74, 6) is 0.744. The molecule has 100 valence electrons. The summed E-state index contributed by atoms with van der Waals surface area (Å²) >= 11 is 5.94. The van der Waals surface area contributed by atoms with E-state index in [1.54, 1.807) is 6.33 Å². The van der Waals surface area contributed by atoms with Crippen molar-refractivity contribution >= 4 is 17.3 Å². The molecule has 4 nitrogen and oxygen atoms in total. The van der Waals surface area contributed by atoms with E-state index in [1.807, 2.05) is 54.1 Å². The van der Waals surface area contributed by atoms with Crippen molar-refractivity contribution in [3.8, 4) is 22.5 Å². The van der Waals surface area contributed by atoms with Gasteiger partial charge in [0.1, 0.15) is 6.33 Å². The van der Waals surface area contributed by atoms with Gasteiger partial charge in [-0.25, -0.2) is 0 Å². The van der Waals surface area contributed by atoms with Gasteiger partial charge in [-0.15, -0.1) is 10.2 Å². The second-order valence-corrected chi connectivity index (χ2v) is 4.98. The van der Waals surface area contributed by atoms with Crippen LogP contribution >= 0.6 is 11.6 Å². The lowest BCUT2D eigenvalue weighted by Crippen LogP contribution is -1.98. The van der Waals surface area contributed by atoms with E-state index in [0.29, 0.717) is 10.7 Å². The quantitative estimate of drug-likeness (QED) is 0.734. The van der Waals surface area contributed by atoms with Crippen LogP contribution in [0.25, 0.3) is 22.5 Å². The molecule has 0 fully saturated rings. The molecule has 5 heteroatoms. The molecule has 3 aromatic rings. The van der Waals surface area contributed by atoms with Crippen LogP contribution < -0.4 is 5.73 Å². The van der Waals surface area contributed by atoms with Gasteiger partial charge in [0.2, 0.25) is 0 Å². The summed E-state index contributed by atoms with van der Waals surface area (Å²) in [4.78, 5) is 0. The number of aryl methyl sites for hydroxylation is 1. The molecule has 0 unspecified atom stereocenters. The number of nitrogens with zero attached hydrogens (tertiary/aromatic N) is 3. The molecule has 2 N–H and O–H groups in total. The first-order valence-electron chi connectivity index (χ1n) is 6.15. The maximum absolute atomic E-state index is 6.14. The van der Waals surface area contributed by atoms with Gasteiger partial charge in [-0.05, 0) is 29.3 Å². The summed E-state index contributed by atoms with van der Waals surface area (Å²) < 4.78 is 1.85. The van der Waals surface area contributed by atoms with Gasteiger partial charge in [-0.1, -0.05) is 35.9 Å². The van der Waals surface area contributed by atoms with Crippen LogP contribution in [0.15, 0.2) is 48.8 Å². The number of rotatable bonds is 2. The van der Waals surface area contributed by atoms with Crippen LogP contribution in [0.5, 0.6) is 0 Å². The number of hydrogen-bond donors (Lipinski definition) is 1. The Balaban J connectivity index is 2.24. The minimum Gasteiger partial charge on any atom is -0.398 e. The maximum atomic E-state index is 6.14. The zero-order valence-electron chi connectivity index (χ0n) is 10.9. The Bertz CT molecular complexity index is 747. The number of aromatic nitrogens is 3. The van der Waals surface area contributed by atoms with E-state index in [-0.39, 0.29) is 0 Å². The summed E-state index contributed by atoms with van der Waals surface area (Å²) in [6.45, 7) is 0. The summed E-state index contributed by atoms with van der Waals surface area (Å²) in [6.07, 6.45) is 1.66. The van der Waals surface area contributed by atoms with E-state index in [4.69, 9.17) is 17.3 Å². The third kappa shape index (κ3) is 2.14. The number of anilines is 1. The van der Waals surface area contributed by atoms with Crippen molar-refractivity contribution in [2.75, 3.05) is 5.73 Å². The lowest BCUT2D eigenvalue weighted by atomic mass is 9.98. The Morgan fingerprint density at radius 2 is 1.85 bits per heavy atom. The molecule has 20 heavy (non-hydrogen) atoms. The highest BCUT2D eigenvalue weighted by atomic mass is 35.5. The number of benzene rings is 2. The Morgan fingerprint density at radius 1 is 1.10 bits per heavy atom. The molecular formula is C15H13ClN4. The van der Waals surface area contributed by atoms with E-state index in [9.17, 15) is 0 Å². The monoisotopic (exact) mass is 284 g/mol. The van der Waals surface area contributed by atoms with Crippen molar-refractivity contribution in [2.45, 2.75) is 0 Å². The highest BCUT2D eigenvalue weighted by Gasteiger charge is 2.14. The molecule has 0 atom stereocenters. The van der Waals surface area contributed by atoms with Gasteiger partial charge >= 0.3 is 0 Å². The zero-order valence-corrected chi connectivity index (χ0v) is 11.7. The normalized spacial score (nSPS) is 10.7. The Morgan fingerprint density at radius 3 is 2.50 bits per heavy atom. The van der Waals surface area contributed by atoms with Gasteiger partial charge in [0.05, 0.1) is 5.56 Å². The van der Waals surface area contributed by atoms with Crippen molar-refractivity contribution in [3.63, 3.8) is 0 Å². The predicted molar refractivity (Wildman–Crippen MR) is 81.3 cm³/mol. The lowest BCUT2D eigenvalue weighted by Gasteiger charge is -2.12. The lowest BCUT2D eigenvalue weighted by molar-refractivity contribution is 0.920. The first-order chi connectivity index (χ1) is 9.66. The third-order valence-corrected chi connectivity index (χ3v) is 3.44. The van der Waals surface area contributed by atoms with E-state index in [0.717, 1.165) is 22.5 Å². The minimum absolute atomic E-state index is 0.675. The number of nitrogens with two attached hydrogens (primary N) is 1. The van der Waals surface area contributed by atoms with Gasteiger partial charge in [0.15, 0.2) is 5.82 Å². The van der Waals surface area contributed by atoms with Gasteiger partial charge in [0, 0.05) is 17.8 Å². The summed E-state index contributed by atoms with van der Waals surface area (Å²) in [5, 5.41) is 8.79. The molecular weight excluding hydrogens is 272 g/mol. The van der Waals surface area contributed by atoms with Crippen LogP contribution in [0.4, 0.5) is 5.69 Å². The second kappa shape index (κ2) is 4.98. The van der Waals surface area contributed by atoms with Crippen molar-refractivity contribution in [1.29, 1.82) is 0 Å². The number of halogens is 1. The first-order valence-corrected chi connectivity index (χ1v) is 6.53. The maximum Gasteiger partial charge on any atom is 0.166 e. The van der Waals surface area contributed by atoms with Gasteiger partial charge in [0.25, 0.3) is 0 Å². The SMILES string of the molecule is Cn1cnnc1-c1c(N)cccc1-c1ccc(Cl)cc1. The molecule has 2 aromatic carbocycles. The van der Waals surface area contributed by atoms with E-state index < -0.39 is 0 Å². The molecule has 0 aliphatic heterocycles. The van der Waals surface area contributed by atoms with E-state index >= 15 is 0 Å². The molecule has 0 saturated carbocycles. The minimum atomic E-state index is 0.675. The molecule has 1 aromatic heterocycles. The molecule has 0 aliphatic rings. The third-order valence-electron chi connectivity index (χ3n) is 3.19. The van der Waals surface area contributed by atoms with E-state index in [2.05, 4.69) is 10.2 Å². The van der Waals surface area contributed by atoms with Crippen LogP contribution in [0, 0.1) is 0 Å². The highest BCUT2D eigenvalue weighted by Crippen LogP contribution is 2.35. The van der Waals surface area contributed by atoms with Crippen molar-refractivity contribution < 1.29 is 0 Å². The fourth-order valence-electron chi connectivity index (χ4n) is 2.20. The first kappa shape index (κ1) is 12.7. The summed E-state index contributed by atoms with van der Waals surface area (Å²) in [7, 11) is 1.90. The highest BCUT2D eigenvalue weighted by molar-refractivity contribution is 6.30. The van der Waals surface area contributed by atoms with Crippen LogP contribution in [-0.4, -0.2) is 14.8 Å². The predicted octanol–water partition coefficient (Wildman–Crippen LogP) is 3.38. The smallest absolute Gasteiger partial charge is 0.166 e. The van der Waals surface area contributed by atoms with Gasteiger partial charge in [-0.2, -0.15) is 0 Å². The van der Waals surface area contributed by atoms with Crippen LogP contribution in [0.2, 0.25) is 5.02 Å².